The largest absolute Gasteiger partial charge is 0.508 e. The van der Waals surface area contributed by atoms with Crippen molar-refractivity contribution in [2.45, 2.75) is 18.8 Å². The highest BCUT2D eigenvalue weighted by Gasteiger charge is 2.57. The third-order valence-electron chi connectivity index (χ3n) is 10.3. The summed E-state index contributed by atoms with van der Waals surface area (Å²) in [5.74, 6) is -3.95. The average Bonchev–Trinajstić information content (AvgIpc) is 3.38. The van der Waals surface area contributed by atoms with Gasteiger partial charge in [0, 0.05) is 48.5 Å². The molecule has 10 heteroatoms. The van der Waals surface area contributed by atoms with Crippen molar-refractivity contribution in [2.75, 3.05) is 23.9 Å². The van der Waals surface area contributed by atoms with Gasteiger partial charge in [-0.05, 0) is 100 Å². The Morgan fingerprint density at radius 2 is 1.50 bits per heavy atom. The summed E-state index contributed by atoms with van der Waals surface area (Å²) in [7, 11) is 3.93. The summed E-state index contributed by atoms with van der Waals surface area (Å²) in [6.45, 7) is 0. The predicted molar refractivity (Wildman–Crippen MR) is 194 cm³/mol. The van der Waals surface area contributed by atoms with Crippen molar-refractivity contribution < 1.29 is 24.3 Å². The molecule has 1 heterocycles. The molecule has 4 aromatic rings. The highest BCUT2D eigenvalue weighted by Crippen LogP contribution is 2.57. The maximum atomic E-state index is 14.4. The van der Waals surface area contributed by atoms with Crippen LogP contribution in [0.15, 0.2) is 129 Å². The standard InChI is InChI=1S/C40H31BrN4O5/c1-44(2)24-12-8-22(9-13-24)42-43-23-10-14-25(15-11-23)45-39(49)28-17-16-27-29(34(28)40(45)50)19-30-36(33(47)20-31(41)38(30)48)37(27)35-26-6-4-3-5-21(26)7-18-32(35)46/h3-16,18,20,28-29,34,37,46H,17,19H2,1-2H3. The monoisotopic (exact) mass is 726 g/mol. The van der Waals surface area contributed by atoms with E-state index in [1.807, 2.05) is 79.7 Å². The minimum Gasteiger partial charge on any atom is -0.508 e. The number of nitrogens with zero attached hydrogens (tertiary/aromatic N) is 4. The zero-order valence-corrected chi connectivity index (χ0v) is 28.8. The number of phenolic OH excluding ortho intramolecular Hbond substituents is 1. The fourth-order valence-electron chi connectivity index (χ4n) is 7.98. The Bertz CT molecular complexity index is 2270. The Morgan fingerprint density at radius 1 is 0.820 bits per heavy atom. The van der Waals surface area contributed by atoms with E-state index in [2.05, 4.69) is 26.2 Å². The van der Waals surface area contributed by atoms with Gasteiger partial charge in [-0.3, -0.25) is 24.1 Å². The number of hydrogen-bond acceptors (Lipinski definition) is 8. The molecule has 50 heavy (non-hydrogen) atoms. The zero-order chi connectivity index (χ0) is 34.8. The first-order valence-electron chi connectivity index (χ1n) is 16.4. The maximum absolute atomic E-state index is 14.4. The summed E-state index contributed by atoms with van der Waals surface area (Å²) in [5.41, 5.74) is 4.66. The summed E-state index contributed by atoms with van der Waals surface area (Å²) in [6.07, 6.45) is 3.68. The molecular weight excluding hydrogens is 696 g/mol. The van der Waals surface area contributed by atoms with Crippen molar-refractivity contribution in [3.63, 3.8) is 0 Å². The van der Waals surface area contributed by atoms with Crippen LogP contribution in [0.1, 0.15) is 24.3 Å². The Labute approximate surface area is 296 Å². The molecule has 0 spiro atoms. The normalized spacial score (nSPS) is 23.2. The minimum absolute atomic E-state index is 0.00337. The number of ketones is 2. The third-order valence-corrected chi connectivity index (χ3v) is 10.9. The number of benzene rings is 4. The summed E-state index contributed by atoms with van der Waals surface area (Å²) >= 11 is 3.28. The lowest BCUT2D eigenvalue weighted by molar-refractivity contribution is -0.123. The number of fused-ring (bicyclic) bond motifs is 4. The van der Waals surface area contributed by atoms with Crippen LogP contribution in [0.5, 0.6) is 5.75 Å². The number of aromatic hydroxyl groups is 1. The number of anilines is 2. The molecule has 1 aliphatic heterocycles. The topological polar surface area (TPSA) is 120 Å². The van der Waals surface area contributed by atoms with E-state index >= 15 is 0 Å². The van der Waals surface area contributed by atoms with Gasteiger partial charge < -0.3 is 10.0 Å². The van der Waals surface area contributed by atoms with Gasteiger partial charge in [0.05, 0.1) is 33.4 Å². The first-order valence-corrected chi connectivity index (χ1v) is 17.2. The van der Waals surface area contributed by atoms with Crippen LogP contribution < -0.4 is 9.80 Å². The molecule has 248 valence electrons. The molecule has 4 unspecified atom stereocenters. The van der Waals surface area contributed by atoms with Crippen molar-refractivity contribution in [1.82, 2.24) is 0 Å². The van der Waals surface area contributed by atoms with E-state index in [-0.39, 0.29) is 40.0 Å². The summed E-state index contributed by atoms with van der Waals surface area (Å²) in [6, 6.07) is 25.5. The van der Waals surface area contributed by atoms with Crippen molar-refractivity contribution in [3.05, 3.63) is 124 Å². The van der Waals surface area contributed by atoms with Crippen LogP contribution in [0.4, 0.5) is 22.7 Å². The molecule has 3 aliphatic carbocycles. The lowest BCUT2D eigenvalue weighted by Gasteiger charge is -2.42. The molecule has 9 nitrogen and oxygen atoms in total. The van der Waals surface area contributed by atoms with Gasteiger partial charge in [0.15, 0.2) is 11.6 Å². The molecule has 1 fully saturated rings. The van der Waals surface area contributed by atoms with Gasteiger partial charge in [0.25, 0.3) is 0 Å². The number of carbonyl (C=O) groups excluding carboxylic acids is 4. The fourth-order valence-corrected chi connectivity index (χ4v) is 8.43. The van der Waals surface area contributed by atoms with E-state index in [0.29, 0.717) is 40.2 Å². The van der Waals surface area contributed by atoms with Gasteiger partial charge in [-0.25, -0.2) is 0 Å². The number of hydrogen-bond donors (Lipinski definition) is 1. The number of amides is 2. The van der Waals surface area contributed by atoms with Crippen LogP contribution in [0.2, 0.25) is 0 Å². The number of azo groups is 1. The molecule has 4 aliphatic rings. The van der Waals surface area contributed by atoms with Gasteiger partial charge in [0.2, 0.25) is 11.8 Å². The van der Waals surface area contributed by atoms with Gasteiger partial charge in [-0.2, -0.15) is 10.2 Å². The third kappa shape index (κ3) is 5.05. The van der Waals surface area contributed by atoms with Crippen LogP contribution in [-0.4, -0.2) is 42.6 Å². The Morgan fingerprint density at radius 3 is 2.20 bits per heavy atom. The highest BCUT2D eigenvalue weighted by molar-refractivity contribution is 9.12. The van der Waals surface area contributed by atoms with E-state index < -0.39 is 23.7 Å². The maximum Gasteiger partial charge on any atom is 0.238 e. The molecule has 0 aromatic heterocycles. The molecule has 8 rings (SSSR count). The minimum atomic E-state index is -0.759. The second-order valence-electron chi connectivity index (χ2n) is 13.3. The quantitative estimate of drug-likeness (QED) is 0.0964. The van der Waals surface area contributed by atoms with Gasteiger partial charge >= 0.3 is 0 Å². The molecular formula is C40H31BrN4O5. The SMILES string of the molecule is CN(C)c1ccc(N=Nc2ccc(N3C(=O)C4CC=C5C(c6c(O)ccc7ccccc67)C6=C(CC5C4C3=O)C(=O)C(Br)=CC6=O)cc2)cc1. The van der Waals surface area contributed by atoms with Crippen LogP contribution >= 0.6 is 15.9 Å². The lowest BCUT2D eigenvalue weighted by Crippen LogP contribution is -2.39. The first-order chi connectivity index (χ1) is 24.1. The van der Waals surface area contributed by atoms with Crippen LogP contribution in [0.25, 0.3) is 10.8 Å². The smallest absolute Gasteiger partial charge is 0.238 e. The Balaban J connectivity index is 1.14. The molecule has 4 atom stereocenters. The van der Waals surface area contributed by atoms with Gasteiger partial charge in [0.1, 0.15) is 5.75 Å². The number of carbonyl (C=O) groups is 4. The van der Waals surface area contributed by atoms with Crippen LogP contribution in [0.3, 0.4) is 0 Å². The van der Waals surface area contributed by atoms with Gasteiger partial charge in [-0.1, -0.05) is 42.0 Å². The Kier molecular flexibility index (Phi) is 7.71. The van der Waals surface area contributed by atoms with Crippen molar-refractivity contribution in [1.29, 1.82) is 0 Å². The lowest BCUT2D eigenvalue weighted by atomic mass is 9.59. The summed E-state index contributed by atoms with van der Waals surface area (Å²) in [4.78, 5) is 58.9. The second kappa shape index (κ2) is 12.1. The number of Topliss-reactive ketones (excluding diaryl/α,β-unsaturated/α-hetero) is 1. The molecule has 1 N–H and O–H groups in total. The molecule has 0 saturated carbocycles. The average molecular weight is 728 g/mol. The van der Waals surface area contributed by atoms with E-state index in [9.17, 15) is 24.3 Å². The molecule has 1 saturated heterocycles. The van der Waals surface area contributed by atoms with Crippen LogP contribution in [-0.2, 0) is 19.2 Å². The first kappa shape index (κ1) is 31.8. The summed E-state index contributed by atoms with van der Waals surface area (Å²) < 4.78 is 0.153. The molecule has 0 radical (unpaired) electrons. The van der Waals surface area contributed by atoms with E-state index in [1.54, 1.807) is 30.3 Å². The van der Waals surface area contributed by atoms with Crippen LogP contribution in [0, 0.1) is 17.8 Å². The Hall–Kier alpha value is -5.48. The van der Waals surface area contributed by atoms with Crippen molar-refractivity contribution in [3.8, 4) is 5.75 Å². The fraction of sp³-hybridized carbons (Fsp3) is 0.200. The molecule has 2 amide bonds. The molecule has 4 aromatic carbocycles. The van der Waals surface area contributed by atoms with Crippen molar-refractivity contribution >= 4 is 72.8 Å². The zero-order valence-electron chi connectivity index (χ0n) is 27.2. The van der Waals surface area contributed by atoms with Crippen molar-refractivity contribution in [2.24, 2.45) is 28.0 Å². The van der Waals surface area contributed by atoms with Gasteiger partial charge in [-0.15, -0.1) is 0 Å². The number of allylic oxidation sites excluding steroid dienone is 6. The number of phenols is 1. The number of imide groups is 1. The number of halogens is 1. The molecule has 0 bridgehead atoms. The second-order valence-corrected chi connectivity index (χ2v) is 14.1. The predicted octanol–water partition coefficient (Wildman–Crippen LogP) is 7.99. The summed E-state index contributed by atoms with van der Waals surface area (Å²) in [5, 5.41) is 21.6. The van der Waals surface area contributed by atoms with E-state index in [1.165, 1.54) is 11.0 Å². The highest BCUT2D eigenvalue weighted by atomic mass is 79.9. The van der Waals surface area contributed by atoms with E-state index in [0.717, 1.165) is 22.0 Å². The number of rotatable bonds is 5. The van der Waals surface area contributed by atoms with E-state index in [4.69, 9.17) is 0 Å².